The van der Waals surface area contributed by atoms with Gasteiger partial charge in [-0.25, -0.2) is 9.59 Å². The molecule has 188 valence electrons. The Bertz CT molecular complexity index is 1230. The van der Waals surface area contributed by atoms with Crippen molar-refractivity contribution in [2.75, 3.05) is 7.11 Å². The van der Waals surface area contributed by atoms with Crippen molar-refractivity contribution in [2.45, 2.75) is 46.1 Å². The zero-order chi connectivity index (χ0) is 26.3. The predicted molar refractivity (Wildman–Crippen MR) is 137 cm³/mol. The quantitative estimate of drug-likeness (QED) is 0.204. The van der Waals surface area contributed by atoms with Crippen molar-refractivity contribution in [3.63, 3.8) is 0 Å². The molecule has 0 spiro atoms. The van der Waals surface area contributed by atoms with E-state index in [1.807, 2.05) is 13.8 Å². The molecule has 1 aliphatic heterocycles. The first-order valence-corrected chi connectivity index (χ1v) is 11.6. The van der Waals surface area contributed by atoms with E-state index in [0.29, 0.717) is 35.5 Å². The lowest BCUT2D eigenvalue weighted by molar-refractivity contribution is -0.130. The number of fused-ring (bicyclic) bond motifs is 1. The molecule has 3 rings (SSSR count). The van der Waals surface area contributed by atoms with Crippen molar-refractivity contribution in [2.24, 2.45) is 0 Å². The number of benzene rings is 2. The van der Waals surface area contributed by atoms with Crippen LogP contribution in [0.1, 0.15) is 55.6 Å². The van der Waals surface area contributed by atoms with Crippen LogP contribution in [0.3, 0.4) is 0 Å². The van der Waals surface area contributed by atoms with E-state index in [1.165, 1.54) is 25.3 Å². The standard InChI is InChI=1S/C29H30O7/c1-6-8-25(31)34-20-13-10-19(11-14-20)12-15-22(30)27-24(33-5)18-23-21(16-17-29(3,4)36-23)28(27)35-26(32)9-7-2/h6-15,18H,16-17H2,1-5H3/b8-6+,9-7+,15-12+. The number of ether oxygens (including phenoxy) is 4. The van der Waals surface area contributed by atoms with Crippen molar-refractivity contribution in [3.8, 4) is 23.0 Å². The molecule has 0 unspecified atom stereocenters. The molecule has 1 aliphatic rings. The summed E-state index contributed by atoms with van der Waals surface area (Å²) >= 11 is 0. The molecule has 0 saturated carbocycles. The summed E-state index contributed by atoms with van der Waals surface area (Å²) in [6.45, 7) is 7.38. The Morgan fingerprint density at radius 2 is 1.58 bits per heavy atom. The Labute approximate surface area is 211 Å². The van der Waals surface area contributed by atoms with Crippen molar-refractivity contribution < 1.29 is 33.3 Å². The maximum absolute atomic E-state index is 13.4. The lowest BCUT2D eigenvalue weighted by Gasteiger charge is -2.34. The zero-order valence-corrected chi connectivity index (χ0v) is 21.1. The highest BCUT2D eigenvalue weighted by Gasteiger charge is 2.33. The van der Waals surface area contributed by atoms with Crippen LogP contribution in [0.2, 0.25) is 0 Å². The first-order valence-electron chi connectivity index (χ1n) is 11.6. The molecule has 7 nitrogen and oxygen atoms in total. The molecule has 2 aromatic rings. The highest BCUT2D eigenvalue weighted by Crippen LogP contribution is 2.45. The largest absolute Gasteiger partial charge is 0.496 e. The van der Waals surface area contributed by atoms with Gasteiger partial charge in [-0.05, 0) is 64.3 Å². The number of carbonyl (C=O) groups excluding carboxylic acids is 3. The lowest BCUT2D eigenvalue weighted by Crippen LogP contribution is -2.33. The molecule has 0 N–H and O–H groups in total. The monoisotopic (exact) mass is 490 g/mol. The van der Waals surface area contributed by atoms with Gasteiger partial charge in [0, 0.05) is 23.8 Å². The minimum Gasteiger partial charge on any atom is -0.496 e. The first kappa shape index (κ1) is 26.5. The van der Waals surface area contributed by atoms with E-state index in [9.17, 15) is 14.4 Å². The number of hydrogen-bond acceptors (Lipinski definition) is 7. The van der Waals surface area contributed by atoms with Gasteiger partial charge in [0.2, 0.25) is 0 Å². The van der Waals surface area contributed by atoms with E-state index in [2.05, 4.69) is 0 Å². The van der Waals surface area contributed by atoms with Crippen LogP contribution in [0.4, 0.5) is 0 Å². The minimum absolute atomic E-state index is 0.142. The summed E-state index contributed by atoms with van der Waals surface area (Å²) in [5.41, 5.74) is 1.10. The van der Waals surface area contributed by atoms with Crippen LogP contribution < -0.4 is 18.9 Å². The van der Waals surface area contributed by atoms with Gasteiger partial charge in [0.25, 0.3) is 0 Å². The SMILES string of the molecule is C/C=C/C(=O)Oc1ccc(/C=C/C(=O)c2c(OC)cc3c(c2OC(=O)/C=C/C)CCC(C)(C)O3)cc1. The third kappa shape index (κ3) is 6.50. The fourth-order valence-corrected chi connectivity index (χ4v) is 3.72. The van der Waals surface area contributed by atoms with Crippen molar-refractivity contribution in [1.82, 2.24) is 0 Å². The number of rotatable bonds is 8. The number of carbonyl (C=O) groups is 3. The maximum atomic E-state index is 13.4. The third-order valence-electron chi connectivity index (χ3n) is 5.47. The van der Waals surface area contributed by atoms with Gasteiger partial charge >= 0.3 is 11.9 Å². The van der Waals surface area contributed by atoms with Gasteiger partial charge < -0.3 is 18.9 Å². The molecule has 2 aromatic carbocycles. The molecule has 0 fully saturated rings. The van der Waals surface area contributed by atoms with Crippen LogP contribution >= 0.6 is 0 Å². The first-order chi connectivity index (χ1) is 17.2. The smallest absolute Gasteiger partial charge is 0.335 e. The summed E-state index contributed by atoms with van der Waals surface area (Å²) in [7, 11) is 1.45. The highest BCUT2D eigenvalue weighted by molar-refractivity contribution is 6.11. The van der Waals surface area contributed by atoms with Gasteiger partial charge in [-0.3, -0.25) is 4.79 Å². The van der Waals surface area contributed by atoms with E-state index in [0.717, 1.165) is 0 Å². The van der Waals surface area contributed by atoms with E-state index >= 15 is 0 Å². The van der Waals surface area contributed by atoms with Gasteiger partial charge in [-0.2, -0.15) is 0 Å². The van der Waals surface area contributed by atoms with Gasteiger partial charge in [0.15, 0.2) is 11.5 Å². The second-order valence-corrected chi connectivity index (χ2v) is 8.73. The minimum atomic E-state index is -0.598. The number of esters is 2. The number of allylic oxidation sites excluding steroid dienone is 3. The highest BCUT2D eigenvalue weighted by atomic mass is 16.5. The Morgan fingerprint density at radius 1 is 0.944 bits per heavy atom. The number of methoxy groups -OCH3 is 1. The average Bonchev–Trinajstić information content (AvgIpc) is 2.82. The Hall–Kier alpha value is -4.13. The van der Waals surface area contributed by atoms with Crippen LogP contribution in [0.25, 0.3) is 6.08 Å². The van der Waals surface area contributed by atoms with Gasteiger partial charge in [-0.15, -0.1) is 0 Å². The molecule has 36 heavy (non-hydrogen) atoms. The molecule has 0 aliphatic carbocycles. The maximum Gasteiger partial charge on any atom is 0.335 e. The van der Waals surface area contributed by atoms with Gasteiger partial charge in [-0.1, -0.05) is 30.4 Å². The van der Waals surface area contributed by atoms with Crippen LogP contribution in [-0.2, 0) is 16.0 Å². The summed E-state index contributed by atoms with van der Waals surface area (Å²) in [5, 5.41) is 0. The Balaban J connectivity index is 1.96. The average molecular weight is 491 g/mol. The predicted octanol–water partition coefficient (Wildman–Crippen LogP) is 5.66. The van der Waals surface area contributed by atoms with Crippen LogP contribution in [0, 0.1) is 0 Å². The topological polar surface area (TPSA) is 88.1 Å². The van der Waals surface area contributed by atoms with Gasteiger partial charge in [0.1, 0.15) is 28.4 Å². The molecule has 0 bridgehead atoms. The van der Waals surface area contributed by atoms with Crippen LogP contribution in [0.15, 0.2) is 60.7 Å². The summed E-state index contributed by atoms with van der Waals surface area (Å²) in [4.78, 5) is 37.3. The Kier molecular flexibility index (Phi) is 8.48. The molecular weight excluding hydrogens is 460 g/mol. The van der Waals surface area contributed by atoms with E-state index < -0.39 is 23.3 Å². The second-order valence-electron chi connectivity index (χ2n) is 8.73. The number of hydrogen-bond donors (Lipinski definition) is 0. The fraction of sp³-hybridized carbons (Fsp3) is 0.276. The summed E-state index contributed by atoms with van der Waals surface area (Å²) in [5.74, 6) is -0.165. The third-order valence-corrected chi connectivity index (χ3v) is 5.47. The molecule has 7 heteroatoms. The Morgan fingerprint density at radius 3 is 2.19 bits per heavy atom. The molecule has 0 saturated heterocycles. The molecule has 0 atom stereocenters. The fourth-order valence-electron chi connectivity index (χ4n) is 3.72. The molecule has 1 heterocycles. The summed E-state index contributed by atoms with van der Waals surface area (Å²) in [6.07, 6.45) is 10.0. The van der Waals surface area contributed by atoms with E-state index in [-0.39, 0.29) is 17.1 Å². The van der Waals surface area contributed by atoms with Crippen LogP contribution in [0.5, 0.6) is 23.0 Å². The normalized spacial score (nSPS) is 14.5. The zero-order valence-electron chi connectivity index (χ0n) is 21.1. The summed E-state index contributed by atoms with van der Waals surface area (Å²) in [6, 6.07) is 8.37. The van der Waals surface area contributed by atoms with Crippen molar-refractivity contribution >= 4 is 23.8 Å². The number of ketones is 1. The summed E-state index contributed by atoms with van der Waals surface area (Å²) < 4.78 is 22.4. The lowest BCUT2D eigenvalue weighted by atomic mass is 9.91. The molecule has 0 aromatic heterocycles. The second kappa shape index (κ2) is 11.5. The van der Waals surface area contributed by atoms with E-state index in [4.69, 9.17) is 18.9 Å². The molecule has 0 amide bonds. The van der Waals surface area contributed by atoms with Crippen molar-refractivity contribution in [1.29, 1.82) is 0 Å². The van der Waals surface area contributed by atoms with Gasteiger partial charge in [0.05, 0.1) is 7.11 Å². The van der Waals surface area contributed by atoms with E-state index in [1.54, 1.807) is 62.4 Å². The van der Waals surface area contributed by atoms with Crippen molar-refractivity contribution in [3.05, 3.63) is 77.4 Å². The molecule has 0 radical (unpaired) electrons. The molecular formula is C29H30O7. The van der Waals surface area contributed by atoms with Crippen LogP contribution in [-0.4, -0.2) is 30.4 Å².